The summed E-state index contributed by atoms with van der Waals surface area (Å²) in [6, 6.07) is 5.77. The molecule has 1 atom stereocenters. The van der Waals surface area contributed by atoms with Gasteiger partial charge in [-0.05, 0) is 69.6 Å². The third-order valence-corrected chi connectivity index (χ3v) is 6.56. The lowest BCUT2D eigenvalue weighted by molar-refractivity contribution is 0.0668. The van der Waals surface area contributed by atoms with Crippen LogP contribution in [0.25, 0.3) is 4.85 Å². The fraction of sp³-hybridized carbons (Fsp3) is 0.458. The molecule has 1 aromatic heterocycles. The molecule has 0 radical (unpaired) electrons. The monoisotopic (exact) mass is 484 g/mol. The zero-order valence-corrected chi connectivity index (χ0v) is 20.2. The molecule has 0 saturated carbocycles. The first kappa shape index (κ1) is 23.2. The number of hydrogen-bond donors (Lipinski definition) is 0. The number of aromatic nitrogens is 1. The summed E-state index contributed by atoms with van der Waals surface area (Å²) in [4.78, 5) is 25.5. The van der Waals surface area contributed by atoms with Crippen LogP contribution in [0.4, 0.5) is 5.69 Å². The molecule has 1 aliphatic rings. The van der Waals surface area contributed by atoms with E-state index in [2.05, 4.69) is 50.7 Å². The lowest BCUT2D eigenvalue weighted by Crippen LogP contribution is -2.40. The Kier molecular flexibility index (Phi) is 7.69. The molecule has 3 rings (SSSR count). The third kappa shape index (κ3) is 5.08. The van der Waals surface area contributed by atoms with Crippen molar-refractivity contribution < 1.29 is 9.53 Å². The zero-order chi connectivity index (χ0) is 22.5. The van der Waals surface area contributed by atoms with Gasteiger partial charge in [-0.3, -0.25) is 9.78 Å². The molecular formula is C24H29BrN4O2. The van der Waals surface area contributed by atoms with Gasteiger partial charge in [0.2, 0.25) is 5.69 Å². The van der Waals surface area contributed by atoms with Crippen LogP contribution in [0.3, 0.4) is 0 Å². The van der Waals surface area contributed by atoms with Crippen LogP contribution in [0.2, 0.25) is 0 Å². The second-order valence-electron chi connectivity index (χ2n) is 7.80. The number of likely N-dealkylation sites (N-methyl/N-ethyl adjacent to an activating group) is 1. The van der Waals surface area contributed by atoms with Crippen LogP contribution < -0.4 is 4.74 Å². The van der Waals surface area contributed by atoms with Crippen LogP contribution in [0.15, 0.2) is 28.9 Å². The van der Waals surface area contributed by atoms with Gasteiger partial charge in [-0.25, -0.2) is 4.85 Å². The lowest BCUT2D eigenvalue weighted by atomic mass is 9.94. The Labute approximate surface area is 193 Å². The van der Waals surface area contributed by atoms with Crippen molar-refractivity contribution in [2.24, 2.45) is 0 Å². The van der Waals surface area contributed by atoms with Crippen LogP contribution in [0.5, 0.6) is 5.75 Å². The van der Waals surface area contributed by atoms with E-state index in [0.29, 0.717) is 24.6 Å². The number of benzene rings is 1. The van der Waals surface area contributed by atoms with Crippen LogP contribution in [0.1, 0.15) is 54.0 Å². The van der Waals surface area contributed by atoms with Crippen molar-refractivity contribution in [3.8, 4) is 5.75 Å². The van der Waals surface area contributed by atoms with Gasteiger partial charge in [0.1, 0.15) is 5.75 Å². The molecule has 0 bridgehead atoms. The fourth-order valence-corrected chi connectivity index (χ4v) is 4.51. The number of ether oxygens (including phenoxy) is 1. The number of halogens is 1. The minimum Gasteiger partial charge on any atom is -0.505 e. The molecule has 0 aliphatic carbocycles. The first-order chi connectivity index (χ1) is 14.9. The van der Waals surface area contributed by atoms with E-state index in [-0.39, 0.29) is 11.9 Å². The van der Waals surface area contributed by atoms with Crippen molar-refractivity contribution in [1.82, 2.24) is 14.8 Å². The molecular weight excluding hydrogens is 456 g/mol. The van der Waals surface area contributed by atoms with Gasteiger partial charge in [0, 0.05) is 29.3 Å². The molecule has 0 fully saturated rings. The first-order valence-corrected chi connectivity index (χ1v) is 11.5. The maximum absolute atomic E-state index is 13.5. The third-order valence-electron chi connectivity index (χ3n) is 5.85. The molecule has 1 aromatic carbocycles. The SMILES string of the molecule is [C-]#[N+]c1cnc(C(C)N2CCc3c(Br)cc(CCN(C)CC)cc3C2=O)cc1OCC. The predicted octanol–water partition coefficient (Wildman–Crippen LogP) is 5.05. The molecule has 0 saturated heterocycles. The van der Waals surface area contributed by atoms with Gasteiger partial charge >= 0.3 is 0 Å². The van der Waals surface area contributed by atoms with Crippen LogP contribution in [-0.2, 0) is 12.8 Å². The first-order valence-electron chi connectivity index (χ1n) is 10.7. The molecule has 1 amide bonds. The normalized spacial score (nSPS) is 14.4. The minimum absolute atomic E-state index is 0.0224. The maximum Gasteiger partial charge on any atom is 0.254 e. The predicted molar refractivity (Wildman–Crippen MR) is 126 cm³/mol. The van der Waals surface area contributed by atoms with E-state index in [1.165, 1.54) is 6.20 Å². The topological polar surface area (TPSA) is 50.0 Å². The number of hydrogen-bond acceptors (Lipinski definition) is 4. The summed E-state index contributed by atoms with van der Waals surface area (Å²) in [6.45, 7) is 16.3. The van der Waals surface area contributed by atoms with Crippen molar-refractivity contribution in [3.63, 3.8) is 0 Å². The summed E-state index contributed by atoms with van der Waals surface area (Å²) in [5.74, 6) is 0.540. The number of pyridine rings is 1. The van der Waals surface area contributed by atoms with Crippen LogP contribution in [0, 0.1) is 6.57 Å². The minimum atomic E-state index is -0.215. The Morgan fingerprint density at radius 2 is 2.13 bits per heavy atom. The summed E-state index contributed by atoms with van der Waals surface area (Å²) in [7, 11) is 2.10. The standard InChI is InChI=1S/C24H29BrN4O2/c1-6-28(5)10-8-17-12-19-18(20(25)13-17)9-11-29(24(19)30)16(3)21-14-23(31-7-2)22(26-4)15-27-21/h12-16H,6-11H2,1-3,5H3. The van der Waals surface area contributed by atoms with E-state index in [4.69, 9.17) is 11.3 Å². The van der Waals surface area contributed by atoms with E-state index in [1.54, 1.807) is 6.07 Å². The summed E-state index contributed by atoms with van der Waals surface area (Å²) in [5, 5.41) is 0. The van der Waals surface area contributed by atoms with Crippen molar-refractivity contribution in [1.29, 1.82) is 0 Å². The Morgan fingerprint density at radius 3 is 2.81 bits per heavy atom. The highest BCUT2D eigenvalue weighted by atomic mass is 79.9. The molecule has 0 spiro atoms. The summed E-state index contributed by atoms with van der Waals surface area (Å²) < 4.78 is 6.62. The Balaban J connectivity index is 1.87. The molecule has 2 aromatic rings. The second kappa shape index (κ2) is 10.3. The van der Waals surface area contributed by atoms with Crippen molar-refractivity contribution >= 4 is 27.5 Å². The van der Waals surface area contributed by atoms with Gasteiger partial charge in [0.05, 0.1) is 24.9 Å². The average molecular weight is 485 g/mol. The van der Waals surface area contributed by atoms with Crippen LogP contribution >= 0.6 is 15.9 Å². The molecule has 0 N–H and O–H groups in total. The second-order valence-corrected chi connectivity index (χ2v) is 8.65. The highest BCUT2D eigenvalue weighted by Gasteiger charge is 2.31. The van der Waals surface area contributed by atoms with Crippen molar-refractivity contribution in [3.05, 3.63) is 62.7 Å². The summed E-state index contributed by atoms with van der Waals surface area (Å²) >= 11 is 3.69. The van der Waals surface area contributed by atoms with Gasteiger partial charge in [0.25, 0.3) is 5.91 Å². The number of fused-ring (bicyclic) bond motifs is 1. The smallest absolute Gasteiger partial charge is 0.254 e. The lowest BCUT2D eigenvalue weighted by Gasteiger charge is -2.34. The van der Waals surface area contributed by atoms with Gasteiger partial charge in [-0.1, -0.05) is 22.9 Å². The summed E-state index contributed by atoms with van der Waals surface area (Å²) in [5.41, 5.74) is 4.12. The van der Waals surface area contributed by atoms with Crippen molar-refractivity contribution in [2.75, 3.05) is 33.3 Å². The van der Waals surface area contributed by atoms with Gasteiger partial charge < -0.3 is 14.5 Å². The van der Waals surface area contributed by atoms with Crippen molar-refractivity contribution in [2.45, 2.75) is 39.7 Å². The molecule has 31 heavy (non-hydrogen) atoms. The number of rotatable bonds is 8. The molecule has 1 aliphatic heterocycles. The largest absolute Gasteiger partial charge is 0.505 e. The van der Waals surface area contributed by atoms with E-state index in [1.807, 2.05) is 24.8 Å². The Hall–Kier alpha value is -2.43. The molecule has 2 heterocycles. The summed E-state index contributed by atoms with van der Waals surface area (Å²) in [6.07, 6.45) is 3.22. The molecule has 7 heteroatoms. The number of amides is 1. The van der Waals surface area contributed by atoms with Crippen LogP contribution in [-0.4, -0.2) is 54.0 Å². The van der Waals surface area contributed by atoms with E-state index < -0.39 is 0 Å². The number of nitrogens with zero attached hydrogens (tertiary/aromatic N) is 4. The Morgan fingerprint density at radius 1 is 1.35 bits per heavy atom. The highest BCUT2D eigenvalue weighted by Crippen LogP contribution is 2.34. The van der Waals surface area contributed by atoms with E-state index in [0.717, 1.165) is 52.8 Å². The molecule has 1 unspecified atom stereocenters. The quantitative estimate of drug-likeness (QED) is 0.492. The van der Waals surface area contributed by atoms with Gasteiger partial charge in [-0.2, -0.15) is 0 Å². The average Bonchev–Trinajstić information content (AvgIpc) is 2.78. The highest BCUT2D eigenvalue weighted by molar-refractivity contribution is 9.10. The van der Waals surface area contributed by atoms with Gasteiger partial charge in [-0.15, -0.1) is 0 Å². The number of carbonyl (C=O) groups excluding carboxylic acids is 1. The van der Waals surface area contributed by atoms with Gasteiger partial charge in [0.15, 0.2) is 0 Å². The zero-order valence-electron chi connectivity index (χ0n) is 18.6. The Bertz CT molecular complexity index is 1000. The fourth-order valence-electron chi connectivity index (χ4n) is 3.81. The van der Waals surface area contributed by atoms with E-state index in [9.17, 15) is 4.79 Å². The number of carbonyl (C=O) groups is 1. The van der Waals surface area contributed by atoms with E-state index >= 15 is 0 Å². The maximum atomic E-state index is 13.5. The molecule has 164 valence electrons. The molecule has 6 nitrogen and oxygen atoms in total.